The first-order valence-electron chi connectivity index (χ1n) is 6.41. The second-order valence-electron chi connectivity index (χ2n) is 4.87. The lowest BCUT2D eigenvalue weighted by Crippen LogP contribution is -2.19. The van der Waals surface area contributed by atoms with Crippen molar-refractivity contribution in [1.29, 1.82) is 0 Å². The van der Waals surface area contributed by atoms with E-state index in [9.17, 15) is 4.79 Å². The van der Waals surface area contributed by atoms with Gasteiger partial charge in [-0.1, -0.05) is 41.9 Å². The molecule has 19 heavy (non-hydrogen) atoms. The highest BCUT2D eigenvalue weighted by molar-refractivity contribution is 9.09. The lowest BCUT2D eigenvalue weighted by molar-refractivity contribution is -0.139. The van der Waals surface area contributed by atoms with E-state index in [0.29, 0.717) is 24.9 Å². The molecule has 0 saturated carbocycles. The first-order valence-corrected chi connectivity index (χ1v) is 7.53. The monoisotopic (exact) mass is 328 g/mol. The van der Waals surface area contributed by atoms with Gasteiger partial charge in [0, 0.05) is 11.2 Å². The summed E-state index contributed by atoms with van der Waals surface area (Å²) in [5, 5.41) is 0.936. The average Bonchev–Trinajstić information content (AvgIpc) is 2.40. The number of benzene rings is 1. The van der Waals surface area contributed by atoms with E-state index in [0.717, 1.165) is 16.6 Å². The lowest BCUT2D eigenvalue weighted by atomic mass is 9.99. The Morgan fingerprint density at radius 2 is 1.89 bits per heavy atom. The minimum atomic E-state index is -0.229. The number of esters is 1. The number of alkyl halides is 1. The Balaban J connectivity index is 2.50. The number of ether oxygens (including phenoxy) is 2. The van der Waals surface area contributed by atoms with Crippen LogP contribution in [-0.4, -0.2) is 25.0 Å². The highest BCUT2D eigenvalue weighted by atomic mass is 79.9. The van der Waals surface area contributed by atoms with Crippen molar-refractivity contribution in [2.75, 3.05) is 19.0 Å². The molecule has 0 fully saturated rings. The molecule has 0 spiro atoms. The molecule has 3 nitrogen and oxygen atoms in total. The van der Waals surface area contributed by atoms with E-state index in [2.05, 4.69) is 34.5 Å². The van der Waals surface area contributed by atoms with Crippen molar-refractivity contribution >= 4 is 21.9 Å². The molecule has 0 N–H and O–H groups in total. The van der Waals surface area contributed by atoms with Crippen LogP contribution < -0.4 is 4.74 Å². The fourth-order valence-corrected chi connectivity index (χ4v) is 2.50. The third-order valence-electron chi connectivity index (χ3n) is 3.10. The molecule has 0 radical (unpaired) electrons. The summed E-state index contributed by atoms with van der Waals surface area (Å²) in [6, 6.07) is 7.57. The Labute approximate surface area is 123 Å². The minimum absolute atomic E-state index is 0.229. The molecule has 0 bridgehead atoms. The Morgan fingerprint density at radius 3 is 2.37 bits per heavy atom. The molecule has 0 heterocycles. The van der Waals surface area contributed by atoms with Crippen LogP contribution in [0.5, 0.6) is 5.75 Å². The van der Waals surface area contributed by atoms with Gasteiger partial charge in [0.1, 0.15) is 5.75 Å². The van der Waals surface area contributed by atoms with E-state index in [1.165, 1.54) is 7.11 Å². The smallest absolute Gasteiger partial charge is 0.309 e. The molecule has 0 aromatic heterocycles. The van der Waals surface area contributed by atoms with Crippen LogP contribution in [0.25, 0.3) is 0 Å². The number of halogens is 1. The maximum Gasteiger partial charge on any atom is 0.309 e. The molecule has 0 aliphatic carbocycles. The number of rotatable bonds is 7. The van der Waals surface area contributed by atoms with E-state index >= 15 is 0 Å². The van der Waals surface area contributed by atoms with E-state index in [-0.39, 0.29) is 5.97 Å². The summed E-state index contributed by atoms with van der Waals surface area (Å²) in [6.07, 6.45) is 0.298. The van der Waals surface area contributed by atoms with Crippen molar-refractivity contribution in [3.8, 4) is 5.75 Å². The topological polar surface area (TPSA) is 35.5 Å². The molecule has 0 aliphatic heterocycles. The summed E-state index contributed by atoms with van der Waals surface area (Å²) < 4.78 is 10.4. The number of hydrogen-bond acceptors (Lipinski definition) is 3. The summed E-state index contributed by atoms with van der Waals surface area (Å²) in [5.41, 5.74) is 0.931. The quantitative estimate of drug-likeness (QED) is 0.568. The van der Waals surface area contributed by atoms with E-state index < -0.39 is 0 Å². The van der Waals surface area contributed by atoms with Gasteiger partial charge in [-0.15, -0.1) is 0 Å². The van der Waals surface area contributed by atoms with Crippen molar-refractivity contribution < 1.29 is 14.3 Å². The summed E-state index contributed by atoms with van der Waals surface area (Å²) in [6.45, 7) is 5.07. The molecule has 0 saturated heterocycles. The standard InChI is InChI=1S/C15H21BrO3/c1-11(2)13(9-16)10-19-14-6-4-12(5-7-14)8-15(17)18-3/h4-7,11,13H,8-10H2,1-3H3. The summed E-state index contributed by atoms with van der Waals surface area (Å²) in [5.74, 6) is 1.68. The van der Waals surface area contributed by atoms with Gasteiger partial charge in [-0.3, -0.25) is 4.79 Å². The van der Waals surface area contributed by atoms with Crippen LogP contribution in [0.15, 0.2) is 24.3 Å². The van der Waals surface area contributed by atoms with Gasteiger partial charge in [0.05, 0.1) is 20.1 Å². The van der Waals surface area contributed by atoms with Crippen molar-refractivity contribution in [2.24, 2.45) is 11.8 Å². The summed E-state index contributed by atoms with van der Waals surface area (Å²) >= 11 is 3.51. The Bertz CT molecular complexity index is 387. The van der Waals surface area contributed by atoms with Gasteiger partial charge in [-0.05, 0) is 23.6 Å². The molecule has 106 valence electrons. The first-order chi connectivity index (χ1) is 9.06. The van der Waals surface area contributed by atoms with Crippen LogP contribution in [0, 0.1) is 11.8 Å². The largest absolute Gasteiger partial charge is 0.493 e. The highest BCUT2D eigenvalue weighted by Gasteiger charge is 2.12. The van der Waals surface area contributed by atoms with E-state index in [1.807, 2.05) is 24.3 Å². The lowest BCUT2D eigenvalue weighted by Gasteiger charge is -2.18. The zero-order valence-electron chi connectivity index (χ0n) is 11.7. The minimum Gasteiger partial charge on any atom is -0.493 e. The van der Waals surface area contributed by atoms with Crippen molar-refractivity contribution in [3.05, 3.63) is 29.8 Å². The second-order valence-corrected chi connectivity index (χ2v) is 5.51. The Morgan fingerprint density at radius 1 is 1.26 bits per heavy atom. The third-order valence-corrected chi connectivity index (χ3v) is 3.94. The second kappa shape index (κ2) is 8.20. The molecule has 1 rings (SSSR count). The molecule has 0 aliphatic rings. The van der Waals surface area contributed by atoms with Crippen LogP contribution in [0.2, 0.25) is 0 Å². The van der Waals surface area contributed by atoms with Crippen LogP contribution in [0.1, 0.15) is 19.4 Å². The summed E-state index contributed by atoms with van der Waals surface area (Å²) in [7, 11) is 1.39. The van der Waals surface area contributed by atoms with Crippen LogP contribution in [0.3, 0.4) is 0 Å². The van der Waals surface area contributed by atoms with E-state index in [1.54, 1.807) is 0 Å². The molecule has 1 unspecified atom stereocenters. The van der Waals surface area contributed by atoms with E-state index in [4.69, 9.17) is 4.74 Å². The van der Waals surface area contributed by atoms with Crippen molar-refractivity contribution in [1.82, 2.24) is 0 Å². The molecule has 1 aromatic rings. The molecule has 1 atom stereocenters. The van der Waals surface area contributed by atoms with Crippen LogP contribution in [-0.2, 0) is 16.0 Å². The van der Waals surface area contributed by atoms with Gasteiger partial charge in [-0.2, -0.15) is 0 Å². The van der Waals surface area contributed by atoms with Gasteiger partial charge >= 0.3 is 5.97 Å². The highest BCUT2D eigenvalue weighted by Crippen LogP contribution is 2.18. The normalized spacial score (nSPS) is 12.3. The van der Waals surface area contributed by atoms with Crippen molar-refractivity contribution in [3.63, 3.8) is 0 Å². The Hall–Kier alpha value is -1.03. The molecule has 4 heteroatoms. The number of carbonyl (C=O) groups is 1. The number of methoxy groups -OCH3 is 1. The van der Waals surface area contributed by atoms with Gasteiger partial charge in [0.15, 0.2) is 0 Å². The molecular weight excluding hydrogens is 308 g/mol. The van der Waals surface area contributed by atoms with Crippen LogP contribution in [0.4, 0.5) is 0 Å². The zero-order chi connectivity index (χ0) is 14.3. The van der Waals surface area contributed by atoms with Gasteiger partial charge in [0.2, 0.25) is 0 Å². The fraction of sp³-hybridized carbons (Fsp3) is 0.533. The SMILES string of the molecule is COC(=O)Cc1ccc(OCC(CBr)C(C)C)cc1. The van der Waals surface area contributed by atoms with Gasteiger partial charge < -0.3 is 9.47 Å². The van der Waals surface area contributed by atoms with Crippen LogP contribution >= 0.6 is 15.9 Å². The predicted molar refractivity (Wildman–Crippen MR) is 79.8 cm³/mol. The van der Waals surface area contributed by atoms with Gasteiger partial charge in [0.25, 0.3) is 0 Å². The molecular formula is C15H21BrO3. The fourth-order valence-electron chi connectivity index (χ4n) is 1.56. The third kappa shape index (κ3) is 5.64. The first kappa shape index (κ1) is 16.0. The average molecular weight is 329 g/mol. The Kier molecular flexibility index (Phi) is 6.92. The van der Waals surface area contributed by atoms with Crippen molar-refractivity contribution in [2.45, 2.75) is 20.3 Å². The maximum absolute atomic E-state index is 11.1. The maximum atomic E-state index is 11.1. The van der Waals surface area contributed by atoms with Gasteiger partial charge in [-0.25, -0.2) is 0 Å². The predicted octanol–water partition coefficient (Wildman–Crippen LogP) is 3.45. The number of hydrogen-bond donors (Lipinski definition) is 0. The summed E-state index contributed by atoms with van der Waals surface area (Å²) in [4.78, 5) is 11.1. The zero-order valence-corrected chi connectivity index (χ0v) is 13.3. The number of carbonyl (C=O) groups excluding carboxylic acids is 1. The molecule has 1 aromatic carbocycles. The molecule has 0 amide bonds.